The highest BCUT2D eigenvalue weighted by Gasteiger charge is 2.30. The van der Waals surface area contributed by atoms with Crippen molar-refractivity contribution in [2.75, 3.05) is 39.4 Å². The zero-order chi connectivity index (χ0) is 17.6. The summed E-state index contributed by atoms with van der Waals surface area (Å²) in [6, 6.07) is 8.22. The lowest BCUT2D eigenvalue weighted by atomic mass is 10.1. The van der Waals surface area contributed by atoms with Gasteiger partial charge in [0, 0.05) is 39.3 Å². The Kier molecular flexibility index (Phi) is 6.10. The van der Waals surface area contributed by atoms with Gasteiger partial charge in [-0.2, -0.15) is 0 Å². The monoisotopic (exact) mass is 344 g/mol. The number of carbonyl (C=O) groups excluding carboxylic acids is 1. The minimum atomic E-state index is -0.200. The van der Waals surface area contributed by atoms with Crippen LogP contribution in [0, 0.1) is 0 Å². The zero-order valence-corrected chi connectivity index (χ0v) is 15.1. The summed E-state index contributed by atoms with van der Waals surface area (Å²) in [5.74, 6) is 1.06. The van der Waals surface area contributed by atoms with Crippen LogP contribution in [0.3, 0.4) is 0 Å². The van der Waals surface area contributed by atoms with E-state index in [2.05, 4.69) is 23.6 Å². The summed E-state index contributed by atoms with van der Waals surface area (Å²) in [7, 11) is 0. The van der Waals surface area contributed by atoms with E-state index in [1.807, 2.05) is 24.0 Å². The van der Waals surface area contributed by atoms with Crippen LogP contribution in [0.25, 0.3) is 0 Å². The van der Waals surface area contributed by atoms with Gasteiger partial charge in [-0.05, 0) is 43.0 Å². The number of nitrogens with zero attached hydrogens (tertiary/aromatic N) is 2. The molecule has 3 rings (SSSR count). The maximum absolute atomic E-state index is 12.4. The summed E-state index contributed by atoms with van der Waals surface area (Å²) in [6.07, 6.45) is 1.67. The van der Waals surface area contributed by atoms with Crippen LogP contribution in [0.4, 0.5) is 0 Å². The Morgan fingerprint density at radius 2 is 2.12 bits per heavy atom. The highest BCUT2D eigenvalue weighted by molar-refractivity contribution is 5.81. The second-order valence-corrected chi connectivity index (χ2v) is 7.00. The van der Waals surface area contributed by atoms with Crippen LogP contribution in [0.2, 0.25) is 0 Å². The van der Waals surface area contributed by atoms with Crippen LogP contribution >= 0.6 is 0 Å². The highest BCUT2D eigenvalue weighted by Crippen LogP contribution is 2.18. The number of hydrogen-bond acceptors (Lipinski definition) is 4. The minimum Gasteiger partial charge on any atom is -0.489 e. The summed E-state index contributed by atoms with van der Waals surface area (Å²) in [5.41, 5.74) is 2.25. The molecule has 0 spiro atoms. The molecule has 5 nitrogen and oxygen atoms in total. The lowest BCUT2D eigenvalue weighted by Gasteiger charge is -2.35. The quantitative estimate of drug-likeness (QED) is 0.744. The van der Waals surface area contributed by atoms with Crippen molar-refractivity contribution in [3.05, 3.63) is 42.0 Å². The number of benzene rings is 1. The van der Waals surface area contributed by atoms with Crippen LogP contribution in [0.1, 0.15) is 25.3 Å². The molecule has 2 fully saturated rings. The van der Waals surface area contributed by atoms with E-state index in [0.717, 1.165) is 63.5 Å². The Morgan fingerprint density at radius 3 is 2.80 bits per heavy atom. The molecular formula is C20H28N2O3. The van der Waals surface area contributed by atoms with Gasteiger partial charge in [0.25, 0.3) is 5.91 Å². The molecule has 2 saturated heterocycles. The van der Waals surface area contributed by atoms with Crippen molar-refractivity contribution in [3.63, 3.8) is 0 Å². The molecular weight excluding hydrogens is 316 g/mol. The standard InChI is InChI=1S/C20H28N2O3/c1-16(2)15-25-18-6-3-5-17(13-18)14-21-8-10-22(11-9-21)20(23)19-7-4-12-24-19/h3,5-6,13,19H,1,4,7-12,14-15H2,2H3. The Morgan fingerprint density at radius 1 is 1.32 bits per heavy atom. The summed E-state index contributed by atoms with van der Waals surface area (Å²) < 4.78 is 11.2. The van der Waals surface area contributed by atoms with Gasteiger partial charge in [0.05, 0.1) is 0 Å². The average molecular weight is 344 g/mol. The van der Waals surface area contributed by atoms with Crippen molar-refractivity contribution in [3.8, 4) is 5.75 Å². The third kappa shape index (κ3) is 5.06. The third-order valence-electron chi connectivity index (χ3n) is 4.68. The van der Waals surface area contributed by atoms with E-state index in [-0.39, 0.29) is 12.0 Å². The van der Waals surface area contributed by atoms with Crippen molar-refractivity contribution < 1.29 is 14.3 Å². The molecule has 1 amide bonds. The SMILES string of the molecule is C=C(C)COc1cccc(CN2CCN(C(=O)C3CCCO3)CC2)c1. The lowest BCUT2D eigenvalue weighted by molar-refractivity contribution is -0.142. The van der Waals surface area contributed by atoms with E-state index < -0.39 is 0 Å². The lowest BCUT2D eigenvalue weighted by Crippen LogP contribution is -2.51. The van der Waals surface area contributed by atoms with Crippen molar-refractivity contribution in [2.24, 2.45) is 0 Å². The van der Waals surface area contributed by atoms with Gasteiger partial charge in [-0.3, -0.25) is 9.69 Å². The molecule has 136 valence electrons. The van der Waals surface area contributed by atoms with Gasteiger partial charge in [0.1, 0.15) is 18.5 Å². The van der Waals surface area contributed by atoms with Gasteiger partial charge in [-0.25, -0.2) is 0 Å². The fourth-order valence-corrected chi connectivity index (χ4v) is 3.30. The number of ether oxygens (including phenoxy) is 2. The highest BCUT2D eigenvalue weighted by atomic mass is 16.5. The van der Waals surface area contributed by atoms with E-state index >= 15 is 0 Å². The van der Waals surface area contributed by atoms with Gasteiger partial charge in [-0.15, -0.1) is 0 Å². The minimum absolute atomic E-state index is 0.173. The maximum atomic E-state index is 12.4. The summed E-state index contributed by atoms with van der Waals surface area (Å²) in [4.78, 5) is 16.7. The molecule has 0 aromatic heterocycles. The molecule has 25 heavy (non-hydrogen) atoms. The molecule has 1 atom stereocenters. The zero-order valence-electron chi connectivity index (χ0n) is 15.1. The van der Waals surface area contributed by atoms with Crippen molar-refractivity contribution >= 4 is 5.91 Å². The first-order chi connectivity index (χ1) is 12.1. The van der Waals surface area contributed by atoms with E-state index in [9.17, 15) is 4.79 Å². The molecule has 0 saturated carbocycles. The first-order valence-corrected chi connectivity index (χ1v) is 9.10. The molecule has 0 bridgehead atoms. The Balaban J connectivity index is 1.48. The second-order valence-electron chi connectivity index (χ2n) is 7.00. The Labute approximate surface area is 150 Å². The molecule has 2 aliphatic rings. The first kappa shape index (κ1) is 18.0. The fraction of sp³-hybridized carbons (Fsp3) is 0.550. The number of rotatable bonds is 6. The molecule has 1 unspecified atom stereocenters. The van der Waals surface area contributed by atoms with Crippen molar-refractivity contribution in [1.82, 2.24) is 9.80 Å². The fourth-order valence-electron chi connectivity index (χ4n) is 3.30. The summed E-state index contributed by atoms with van der Waals surface area (Å²) in [5, 5.41) is 0. The molecule has 1 aromatic rings. The molecule has 1 aromatic carbocycles. The number of carbonyl (C=O) groups is 1. The predicted octanol–water partition coefficient (Wildman–Crippen LogP) is 2.46. The summed E-state index contributed by atoms with van der Waals surface area (Å²) in [6.45, 7) is 11.3. The van der Waals surface area contributed by atoms with Crippen LogP contribution in [-0.4, -0.2) is 61.2 Å². The Bertz CT molecular complexity index is 603. The average Bonchev–Trinajstić information content (AvgIpc) is 3.15. The number of hydrogen-bond donors (Lipinski definition) is 0. The second kappa shape index (κ2) is 8.50. The molecule has 0 aliphatic carbocycles. The normalized spacial score (nSPS) is 21.3. The number of piperazine rings is 1. The molecule has 2 aliphatic heterocycles. The van der Waals surface area contributed by atoms with E-state index in [4.69, 9.17) is 9.47 Å². The van der Waals surface area contributed by atoms with E-state index in [1.54, 1.807) is 0 Å². The van der Waals surface area contributed by atoms with Gasteiger partial charge in [-0.1, -0.05) is 18.7 Å². The largest absolute Gasteiger partial charge is 0.489 e. The third-order valence-corrected chi connectivity index (χ3v) is 4.68. The smallest absolute Gasteiger partial charge is 0.251 e. The van der Waals surface area contributed by atoms with Crippen LogP contribution in [0.15, 0.2) is 36.4 Å². The molecule has 0 radical (unpaired) electrons. The predicted molar refractivity (Wildman–Crippen MR) is 97.6 cm³/mol. The van der Waals surface area contributed by atoms with E-state index in [0.29, 0.717) is 6.61 Å². The summed E-state index contributed by atoms with van der Waals surface area (Å²) >= 11 is 0. The van der Waals surface area contributed by atoms with Crippen LogP contribution < -0.4 is 4.74 Å². The topological polar surface area (TPSA) is 42.0 Å². The van der Waals surface area contributed by atoms with Gasteiger partial charge < -0.3 is 14.4 Å². The molecule has 0 N–H and O–H groups in total. The maximum Gasteiger partial charge on any atom is 0.251 e. The molecule has 5 heteroatoms. The van der Waals surface area contributed by atoms with Crippen LogP contribution in [-0.2, 0) is 16.1 Å². The van der Waals surface area contributed by atoms with Gasteiger partial charge >= 0.3 is 0 Å². The van der Waals surface area contributed by atoms with Gasteiger partial charge in [0.15, 0.2) is 0 Å². The molecule has 2 heterocycles. The number of amides is 1. The van der Waals surface area contributed by atoms with Crippen molar-refractivity contribution in [2.45, 2.75) is 32.4 Å². The van der Waals surface area contributed by atoms with Crippen LogP contribution in [0.5, 0.6) is 5.75 Å². The Hall–Kier alpha value is -1.85. The first-order valence-electron chi connectivity index (χ1n) is 9.10. The van der Waals surface area contributed by atoms with Gasteiger partial charge in [0.2, 0.25) is 0 Å². The van der Waals surface area contributed by atoms with E-state index in [1.165, 1.54) is 5.56 Å². The van der Waals surface area contributed by atoms with Crippen molar-refractivity contribution in [1.29, 1.82) is 0 Å².